The van der Waals surface area contributed by atoms with E-state index in [9.17, 15) is 14.4 Å². The Labute approximate surface area is 291 Å². The zero-order chi connectivity index (χ0) is 34.2. The molecule has 1 aromatic rings. The van der Waals surface area contributed by atoms with Gasteiger partial charge in [0.25, 0.3) is 0 Å². The minimum atomic E-state index is -1.84. The quantitative estimate of drug-likeness (QED) is 0.0989. The van der Waals surface area contributed by atoms with Crippen LogP contribution in [0.4, 0.5) is 10.1 Å². The van der Waals surface area contributed by atoms with Crippen LogP contribution < -0.4 is 4.90 Å². The van der Waals surface area contributed by atoms with Crippen molar-refractivity contribution in [1.82, 2.24) is 0 Å². The lowest BCUT2D eigenvalue weighted by molar-refractivity contribution is -0.234. The molecule has 0 aliphatic heterocycles. The molecule has 258 valence electrons. The lowest BCUT2D eigenvalue weighted by atomic mass is 9.45. The van der Waals surface area contributed by atoms with Gasteiger partial charge in [-0.05, 0) is 80.9 Å². The third kappa shape index (κ3) is 6.58. The molecular formula is C36H46Cl2FNO6S. The van der Waals surface area contributed by atoms with E-state index in [4.69, 9.17) is 37.4 Å². The normalized spacial score (nSPS) is 34.2. The van der Waals surface area contributed by atoms with Gasteiger partial charge in [-0.2, -0.15) is 0 Å². The van der Waals surface area contributed by atoms with Crippen molar-refractivity contribution in [2.24, 2.45) is 22.7 Å². The van der Waals surface area contributed by atoms with E-state index in [0.717, 1.165) is 22.6 Å². The maximum absolute atomic E-state index is 18.2. The van der Waals surface area contributed by atoms with Crippen LogP contribution in [0, 0.1) is 22.7 Å². The van der Waals surface area contributed by atoms with E-state index < -0.39 is 40.1 Å². The number of carbonyl (C=O) groups excluding carboxylic acids is 3. The van der Waals surface area contributed by atoms with Crippen molar-refractivity contribution in [2.45, 2.75) is 95.4 Å². The number of ether oxygens (including phenoxy) is 3. The highest BCUT2D eigenvalue weighted by Crippen LogP contribution is 2.70. The number of hydrogen-bond acceptors (Lipinski definition) is 8. The van der Waals surface area contributed by atoms with Crippen LogP contribution in [0.15, 0.2) is 52.6 Å². The first-order chi connectivity index (χ1) is 22.2. The molecule has 0 bridgehead atoms. The average molecular weight is 711 g/mol. The summed E-state index contributed by atoms with van der Waals surface area (Å²) in [5, 5.41) is 0. The van der Waals surface area contributed by atoms with Crippen LogP contribution >= 0.6 is 35.0 Å². The Morgan fingerprint density at radius 2 is 1.68 bits per heavy atom. The molecular weight excluding hydrogens is 664 g/mol. The lowest BCUT2D eigenvalue weighted by Crippen LogP contribution is -2.68. The number of esters is 3. The smallest absolute Gasteiger partial charge is 0.321 e. The Balaban J connectivity index is 1.31. The summed E-state index contributed by atoms with van der Waals surface area (Å²) in [7, 11) is 0. The number of anilines is 1. The van der Waals surface area contributed by atoms with Gasteiger partial charge >= 0.3 is 17.9 Å². The van der Waals surface area contributed by atoms with E-state index in [0.29, 0.717) is 56.3 Å². The van der Waals surface area contributed by atoms with Gasteiger partial charge in [-0.25, -0.2) is 4.39 Å². The topological polar surface area (TPSA) is 82.1 Å². The van der Waals surface area contributed by atoms with Gasteiger partial charge in [0.2, 0.25) is 0 Å². The lowest BCUT2D eigenvalue weighted by Gasteiger charge is -2.63. The Morgan fingerprint density at radius 1 is 1.00 bits per heavy atom. The summed E-state index contributed by atoms with van der Waals surface area (Å²) in [5.41, 5.74) is -2.34. The maximum atomic E-state index is 18.2. The second-order valence-corrected chi connectivity index (χ2v) is 15.8. The number of alkyl halides is 3. The number of benzene rings is 1. The Morgan fingerprint density at radius 3 is 2.30 bits per heavy atom. The van der Waals surface area contributed by atoms with Crippen LogP contribution in [0.3, 0.4) is 0 Å². The van der Waals surface area contributed by atoms with Crippen molar-refractivity contribution >= 4 is 58.6 Å². The highest BCUT2D eigenvalue weighted by molar-refractivity contribution is 8.00. The molecule has 0 saturated heterocycles. The number of nitrogens with zero attached hydrogens (tertiary/aromatic N) is 1. The molecule has 7 atom stereocenters. The Bertz CT molecular complexity index is 1430. The van der Waals surface area contributed by atoms with Crippen molar-refractivity contribution < 1.29 is 33.0 Å². The SMILES string of the molecule is CC(=O)O[C@H]1C[C@@]2(C)[C@@H](CC[C@]2(C)OC(C)=O)[C@@H]2CC=C3C=C(OC(=O)CSc4ccc(N(CCCl)CCCl)cc4)CC[C@]3(C)[C@@]12F. The molecule has 0 radical (unpaired) electrons. The van der Waals surface area contributed by atoms with Crippen molar-refractivity contribution in [3.8, 4) is 0 Å². The molecule has 0 amide bonds. The largest absolute Gasteiger partial charge is 0.459 e. The summed E-state index contributed by atoms with van der Waals surface area (Å²) >= 11 is 13.3. The minimum Gasteiger partial charge on any atom is -0.459 e. The highest BCUT2D eigenvalue weighted by Gasteiger charge is 2.74. The van der Waals surface area contributed by atoms with Crippen LogP contribution in [0.2, 0.25) is 0 Å². The van der Waals surface area contributed by atoms with Gasteiger partial charge in [0.15, 0.2) is 5.67 Å². The molecule has 0 spiro atoms. The number of hydrogen-bond donors (Lipinski definition) is 0. The molecule has 5 rings (SSSR count). The molecule has 0 heterocycles. The van der Waals surface area contributed by atoms with Gasteiger partial charge in [0.05, 0.1) is 5.75 Å². The van der Waals surface area contributed by atoms with Crippen molar-refractivity contribution in [3.63, 3.8) is 0 Å². The molecule has 4 aliphatic rings. The van der Waals surface area contributed by atoms with Crippen molar-refractivity contribution in [3.05, 3.63) is 47.7 Å². The Hall–Kier alpha value is -2.23. The monoisotopic (exact) mass is 709 g/mol. The third-order valence-corrected chi connectivity index (χ3v) is 12.8. The fourth-order valence-corrected chi connectivity index (χ4v) is 10.1. The van der Waals surface area contributed by atoms with Crippen molar-refractivity contribution in [2.75, 3.05) is 35.5 Å². The third-order valence-electron chi connectivity index (χ3n) is 11.5. The summed E-state index contributed by atoms with van der Waals surface area (Å²) in [4.78, 5) is 40.5. The predicted molar refractivity (Wildman–Crippen MR) is 184 cm³/mol. The number of thioether (sulfide) groups is 1. The maximum Gasteiger partial charge on any atom is 0.321 e. The Kier molecular flexibility index (Phi) is 10.7. The average Bonchev–Trinajstić information content (AvgIpc) is 3.25. The van der Waals surface area contributed by atoms with Crippen LogP contribution in [-0.2, 0) is 28.6 Å². The molecule has 0 N–H and O–H groups in total. The summed E-state index contributed by atoms with van der Waals surface area (Å²) in [6.07, 6.45) is 5.73. The van der Waals surface area contributed by atoms with E-state index in [1.165, 1.54) is 25.6 Å². The van der Waals surface area contributed by atoms with Crippen molar-refractivity contribution in [1.29, 1.82) is 0 Å². The van der Waals surface area contributed by atoms with Gasteiger partial charge in [-0.3, -0.25) is 14.4 Å². The van der Waals surface area contributed by atoms with E-state index in [-0.39, 0.29) is 30.0 Å². The first-order valence-corrected chi connectivity index (χ1v) is 18.5. The van der Waals surface area contributed by atoms with Crippen LogP contribution in [0.25, 0.3) is 0 Å². The summed E-state index contributed by atoms with van der Waals surface area (Å²) in [5.74, 6) is -0.0967. The first-order valence-electron chi connectivity index (χ1n) is 16.5. The van der Waals surface area contributed by atoms with Crippen LogP contribution in [0.5, 0.6) is 0 Å². The molecule has 4 aliphatic carbocycles. The number of fused-ring (bicyclic) bond motifs is 5. The molecule has 0 aromatic heterocycles. The zero-order valence-electron chi connectivity index (χ0n) is 27.9. The summed E-state index contributed by atoms with van der Waals surface area (Å²) in [6.45, 7) is 10.0. The van der Waals surface area contributed by atoms with E-state index in [1.54, 1.807) is 0 Å². The van der Waals surface area contributed by atoms with E-state index >= 15 is 4.39 Å². The van der Waals surface area contributed by atoms with E-state index in [2.05, 4.69) is 17.9 Å². The standard InChI is InChI=1S/C36H46Cl2FNO6S/c1-23(41)44-31-21-34(4)29(13-15-35(34,5)46-24(2)42)30-11-6-25-20-27(12-14-33(25,3)36(30,31)39)45-32(43)22-47-28-9-7-26(8-10-28)40(18-16-37)19-17-38/h6-10,20,29-31H,11-19,21-22H2,1-5H3/t29-,30-,31-,33-,34-,35-,36-/m0/s1. The second-order valence-electron chi connectivity index (χ2n) is 14.0. The minimum absolute atomic E-state index is 0.0590. The van der Waals surface area contributed by atoms with Crippen LogP contribution in [0.1, 0.15) is 73.1 Å². The first kappa shape index (κ1) is 36.1. The van der Waals surface area contributed by atoms with Gasteiger partial charge in [0, 0.05) is 72.4 Å². The van der Waals surface area contributed by atoms with E-state index in [1.807, 2.05) is 44.2 Å². The predicted octanol–water partition coefficient (Wildman–Crippen LogP) is 8.02. The number of carbonyl (C=O) groups is 3. The molecule has 7 nitrogen and oxygen atoms in total. The fourth-order valence-electron chi connectivity index (χ4n) is 9.02. The molecule has 0 unspecified atom stereocenters. The van der Waals surface area contributed by atoms with Gasteiger partial charge < -0.3 is 19.1 Å². The van der Waals surface area contributed by atoms with Gasteiger partial charge in [-0.1, -0.05) is 19.9 Å². The molecule has 2 fully saturated rings. The molecule has 11 heteroatoms. The highest BCUT2D eigenvalue weighted by atomic mass is 35.5. The number of rotatable bonds is 11. The number of allylic oxidation sites excluding steroid dienone is 4. The second kappa shape index (κ2) is 13.9. The zero-order valence-corrected chi connectivity index (χ0v) is 30.2. The molecule has 1 aromatic carbocycles. The fraction of sp³-hybridized carbons (Fsp3) is 0.639. The number of halogens is 3. The van der Waals surface area contributed by atoms with Crippen LogP contribution in [-0.4, -0.2) is 65.9 Å². The molecule has 2 saturated carbocycles. The van der Waals surface area contributed by atoms with Gasteiger partial charge in [-0.15, -0.1) is 35.0 Å². The summed E-state index contributed by atoms with van der Waals surface area (Å²) in [6, 6.07) is 7.91. The summed E-state index contributed by atoms with van der Waals surface area (Å²) < 4.78 is 35.7. The van der Waals surface area contributed by atoms with Gasteiger partial charge in [0.1, 0.15) is 17.5 Å². The molecule has 47 heavy (non-hydrogen) atoms.